The van der Waals surface area contributed by atoms with Gasteiger partial charge >= 0.3 is 0 Å². The predicted molar refractivity (Wildman–Crippen MR) is 46.5 cm³/mol. The van der Waals surface area contributed by atoms with Crippen LogP contribution in [0.25, 0.3) is 0 Å². The highest BCUT2D eigenvalue weighted by molar-refractivity contribution is 5.96. The minimum Gasteiger partial charge on any atom is -0.298 e. The van der Waals surface area contributed by atoms with Crippen LogP contribution in [0, 0.1) is 0 Å². The molecule has 0 bridgehead atoms. The van der Waals surface area contributed by atoms with Crippen LogP contribution >= 0.6 is 0 Å². The summed E-state index contributed by atoms with van der Waals surface area (Å²) in [6.45, 7) is 1.82. The van der Waals surface area contributed by atoms with Crippen molar-refractivity contribution in [3.05, 3.63) is 35.4 Å². The van der Waals surface area contributed by atoms with Crippen LogP contribution in [0.3, 0.4) is 0 Å². The van der Waals surface area contributed by atoms with Gasteiger partial charge < -0.3 is 0 Å². The first-order valence-electron chi connectivity index (χ1n) is 3.86. The fraction of sp³-hybridized carbons (Fsp3) is 0.200. The molecular weight excluding hydrogens is 152 g/mol. The summed E-state index contributed by atoms with van der Waals surface area (Å²) in [5.41, 5.74) is 1.27. The van der Waals surface area contributed by atoms with Crippen LogP contribution in [0.15, 0.2) is 24.3 Å². The molecular formula is C10H10O2. The lowest BCUT2D eigenvalue weighted by molar-refractivity contribution is 0.0987. The Morgan fingerprint density at radius 1 is 1.33 bits per heavy atom. The number of ketones is 1. The molecule has 0 amide bonds. The molecule has 0 aliphatic heterocycles. The van der Waals surface area contributed by atoms with E-state index in [9.17, 15) is 9.59 Å². The van der Waals surface area contributed by atoms with Gasteiger partial charge in [0, 0.05) is 17.5 Å². The van der Waals surface area contributed by atoms with E-state index < -0.39 is 0 Å². The molecule has 62 valence electrons. The Balaban J connectivity index is 2.91. The quantitative estimate of drug-likeness (QED) is 0.503. The Morgan fingerprint density at radius 2 is 1.92 bits per heavy atom. The summed E-state index contributed by atoms with van der Waals surface area (Å²) in [7, 11) is 0. The Hall–Kier alpha value is -1.44. The van der Waals surface area contributed by atoms with Crippen molar-refractivity contribution in [2.75, 3.05) is 0 Å². The summed E-state index contributed by atoms with van der Waals surface area (Å²) in [4.78, 5) is 21.4. The Labute approximate surface area is 71.2 Å². The van der Waals surface area contributed by atoms with E-state index in [-0.39, 0.29) is 5.78 Å². The standard InChI is InChI=1S/C10H10O2/c1-2-10(12)9-5-3-8(7-11)4-6-9/h3-7H,2H2,1H3. The molecule has 0 N–H and O–H groups in total. The molecule has 2 nitrogen and oxygen atoms in total. The van der Waals surface area contributed by atoms with Crippen LogP contribution in [-0.4, -0.2) is 12.1 Å². The topological polar surface area (TPSA) is 34.1 Å². The zero-order valence-corrected chi connectivity index (χ0v) is 6.91. The minimum absolute atomic E-state index is 0.104. The van der Waals surface area contributed by atoms with Crippen LogP contribution in [0.5, 0.6) is 0 Å². The van der Waals surface area contributed by atoms with Gasteiger partial charge in [0.2, 0.25) is 0 Å². The molecule has 0 heterocycles. The first-order chi connectivity index (χ1) is 5.77. The number of carbonyl (C=O) groups excluding carboxylic acids is 2. The number of aldehydes is 1. The van der Waals surface area contributed by atoms with Crippen molar-refractivity contribution in [1.82, 2.24) is 0 Å². The van der Waals surface area contributed by atoms with Crippen LogP contribution in [-0.2, 0) is 0 Å². The van der Waals surface area contributed by atoms with Crippen molar-refractivity contribution in [1.29, 1.82) is 0 Å². The van der Waals surface area contributed by atoms with Gasteiger partial charge in [0.05, 0.1) is 0 Å². The third-order valence-electron chi connectivity index (χ3n) is 1.69. The molecule has 1 aromatic carbocycles. The lowest BCUT2D eigenvalue weighted by Gasteiger charge is -1.96. The van der Waals surface area contributed by atoms with Crippen LogP contribution in [0.1, 0.15) is 34.1 Å². The van der Waals surface area contributed by atoms with Gasteiger partial charge in [-0.1, -0.05) is 31.2 Å². The van der Waals surface area contributed by atoms with Gasteiger partial charge in [0.1, 0.15) is 6.29 Å². The molecule has 0 fully saturated rings. The molecule has 0 spiro atoms. The highest BCUT2D eigenvalue weighted by Gasteiger charge is 2.00. The van der Waals surface area contributed by atoms with Gasteiger partial charge in [-0.25, -0.2) is 0 Å². The molecule has 0 aliphatic rings. The summed E-state index contributed by atoms with van der Waals surface area (Å²) in [6, 6.07) is 6.65. The second kappa shape index (κ2) is 3.81. The zero-order valence-electron chi connectivity index (χ0n) is 6.91. The van der Waals surface area contributed by atoms with Crippen molar-refractivity contribution in [2.45, 2.75) is 13.3 Å². The minimum atomic E-state index is 0.104. The first kappa shape index (κ1) is 8.65. The Kier molecular flexibility index (Phi) is 2.75. The van der Waals surface area contributed by atoms with Crippen molar-refractivity contribution in [2.24, 2.45) is 0 Å². The van der Waals surface area contributed by atoms with Crippen molar-refractivity contribution in [3.8, 4) is 0 Å². The molecule has 0 saturated carbocycles. The Bertz CT molecular complexity index is 285. The SMILES string of the molecule is CCC(=O)c1ccc(C=O)cc1. The second-order valence-corrected chi connectivity index (χ2v) is 2.52. The third kappa shape index (κ3) is 1.78. The van der Waals surface area contributed by atoms with Crippen molar-refractivity contribution < 1.29 is 9.59 Å². The molecule has 0 aromatic heterocycles. The van der Waals surface area contributed by atoms with E-state index in [1.54, 1.807) is 24.3 Å². The van der Waals surface area contributed by atoms with Gasteiger partial charge in [0.15, 0.2) is 5.78 Å². The van der Waals surface area contributed by atoms with Crippen molar-refractivity contribution in [3.63, 3.8) is 0 Å². The summed E-state index contributed by atoms with van der Waals surface area (Å²) < 4.78 is 0. The predicted octanol–water partition coefficient (Wildman–Crippen LogP) is 2.09. The highest BCUT2D eigenvalue weighted by Crippen LogP contribution is 2.04. The van der Waals surface area contributed by atoms with Crippen LogP contribution in [0.4, 0.5) is 0 Å². The molecule has 12 heavy (non-hydrogen) atoms. The molecule has 0 saturated heterocycles. The van der Waals surface area contributed by atoms with E-state index in [4.69, 9.17) is 0 Å². The van der Waals surface area contributed by atoms with Gasteiger partial charge in [-0.3, -0.25) is 9.59 Å². The van der Waals surface area contributed by atoms with Crippen molar-refractivity contribution >= 4 is 12.1 Å². The summed E-state index contributed by atoms with van der Waals surface area (Å²) in [5, 5.41) is 0. The maximum atomic E-state index is 11.1. The number of benzene rings is 1. The monoisotopic (exact) mass is 162 g/mol. The second-order valence-electron chi connectivity index (χ2n) is 2.52. The fourth-order valence-corrected chi connectivity index (χ4v) is 0.952. The average molecular weight is 162 g/mol. The van der Waals surface area contributed by atoms with E-state index in [1.165, 1.54) is 0 Å². The molecule has 1 aromatic rings. The fourth-order valence-electron chi connectivity index (χ4n) is 0.952. The lowest BCUT2D eigenvalue weighted by atomic mass is 10.1. The van der Waals surface area contributed by atoms with Gasteiger partial charge in [0.25, 0.3) is 0 Å². The molecule has 0 atom stereocenters. The average Bonchev–Trinajstić information content (AvgIpc) is 2.17. The maximum Gasteiger partial charge on any atom is 0.162 e. The lowest BCUT2D eigenvalue weighted by Crippen LogP contribution is -1.95. The number of Topliss-reactive ketones (excluding diaryl/α,β-unsaturated/α-hetero) is 1. The molecule has 1 rings (SSSR count). The zero-order chi connectivity index (χ0) is 8.97. The highest BCUT2D eigenvalue weighted by atomic mass is 16.1. The third-order valence-corrected chi connectivity index (χ3v) is 1.69. The number of hydrogen-bond donors (Lipinski definition) is 0. The van der Waals surface area contributed by atoms with E-state index in [2.05, 4.69) is 0 Å². The smallest absolute Gasteiger partial charge is 0.162 e. The summed E-state index contributed by atoms with van der Waals surface area (Å²) >= 11 is 0. The van der Waals surface area contributed by atoms with E-state index >= 15 is 0 Å². The number of rotatable bonds is 3. The van der Waals surface area contributed by atoms with E-state index in [0.717, 1.165) is 6.29 Å². The molecule has 0 radical (unpaired) electrons. The maximum absolute atomic E-state index is 11.1. The number of carbonyl (C=O) groups is 2. The Morgan fingerprint density at radius 3 is 2.33 bits per heavy atom. The van der Waals surface area contributed by atoms with Gasteiger partial charge in [-0.2, -0.15) is 0 Å². The summed E-state index contributed by atoms with van der Waals surface area (Å²) in [5.74, 6) is 0.104. The van der Waals surface area contributed by atoms with Gasteiger partial charge in [-0.15, -0.1) is 0 Å². The van der Waals surface area contributed by atoms with Crippen LogP contribution < -0.4 is 0 Å². The van der Waals surface area contributed by atoms with Crippen LogP contribution in [0.2, 0.25) is 0 Å². The van der Waals surface area contributed by atoms with E-state index in [0.29, 0.717) is 17.5 Å². The van der Waals surface area contributed by atoms with Gasteiger partial charge in [-0.05, 0) is 0 Å². The summed E-state index contributed by atoms with van der Waals surface area (Å²) in [6.07, 6.45) is 1.26. The molecule has 2 heteroatoms. The molecule has 0 unspecified atom stereocenters. The first-order valence-corrected chi connectivity index (χ1v) is 3.86. The molecule has 0 aliphatic carbocycles. The number of hydrogen-bond acceptors (Lipinski definition) is 2. The van der Waals surface area contributed by atoms with E-state index in [1.807, 2.05) is 6.92 Å². The largest absolute Gasteiger partial charge is 0.298 e. The normalized spacial score (nSPS) is 9.42.